The zero-order chi connectivity index (χ0) is 20.8. The number of ether oxygens (including phenoxy) is 3. The number of benzene rings is 2. The number of alkyl halides is 2. The van der Waals surface area contributed by atoms with Crippen LogP contribution in [-0.2, 0) is 16.1 Å². The van der Waals surface area contributed by atoms with Crippen molar-refractivity contribution in [3.05, 3.63) is 63.6 Å². The van der Waals surface area contributed by atoms with E-state index in [4.69, 9.17) is 32.7 Å². The van der Waals surface area contributed by atoms with E-state index in [1.807, 2.05) is 0 Å². The van der Waals surface area contributed by atoms with Gasteiger partial charge in [0.05, 0.1) is 25.9 Å². The molecule has 3 rings (SSSR count). The lowest BCUT2D eigenvalue weighted by Gasteiger charge is -2.33. The van der Waals surface area contributed by atoms with Gasteiger partial charge >= 0.3 is 6.61 Å². The SMILES string of the molecule is O=C(c1cccc(OC(F)F)c1)N1CCOC(COCc2c(Cl)cccc2Cl)C1. The van der Waals surface area contributed by atoms with Gasteiger partial charge in [0, 0.05) is 34.3 Å². The minimum absolute atomic E-state index is 0.0596. The van der Waals surface area contributed by atoms with Gasteiger partial charge in [-0.1, -0.05) is 35.3 Å². The molecule has 1 aliphatic rings. The normalized spacial score (nSPS) is 16.9. The van der Waals surface area contributed by atoms with Gasteiger partial charge in [-0.05, 0) is 30.3 Å². The van der Waals surface area contributed by atoms with Crippen molar-refractivity contribution in [2.45, 2.75) is 19.3 Å². The Hall–Kier alpha value is -1.93. The lowest BCUT2D eigenvalue weighted by Crippen LogP contribution is -2.47. The van der Waals surface area contributed by atoms with Crippen molar-refractivity contribution in [2.24, 2.45) is 0 Å². The first-order valence-electron chi connectivity index (χ1n) is 8.90. The molecule has 1 amide bonds. The van der Waals surface area contributed by atoms with Crippen LogP contribution in [0.4, 0.5) is 8.78 Å². The summed E-state index contributed by atoms with van der Waals surface area (Å²) >= 11 is 12.2. The van der Waals surface area contributed by atoms with Crippen LogP contribution in [0.15, 0.2) is 42.5 Å². The summed E-state index contributed by atoms with van der Waals surface area (Å²) in [5.41, 5.74) is 0.961. The average Bonchev–Trinajstić information content (AvgIpc) is 2.69. The molecule has 1 atom stereocenters. The summed E-state index contributed by atoms with van der Waals surface area (Å²) in [6.07, 6.45) is -0.325. The molecule has 0 N–H and O–H groups in total. The Kier molecular flexibility index (Phi) is 7.66. The fraction of sp³-hybridized carbons (Fsp3) is 0.350. The molecular weight excluding hydrogens is 427 g/mol. The third-order valence-electron chi connectivity index (χ3n) is 4.34. The molecule has 0 radical (unpaired) electrons. The van der Waals surface area contributed by atoms with E-state index in [1.54, 1.807) is 29.2 Å². The van der Waals surface area contributed by atoms with E-state index in [9.17, 15) is 13.6 Å². The molecule has 0 spiro atoms. The summed E-state index contributed by atoms with van der Waals surface area (Å²) in [4.78, 5) is 14.3. The molecule has 2 aromatic carbocycles. The molecule has 0 aliphatic carbocycles. The Bertz CT molecular complexity index is 833. The minimum atomic E-state index is -2.95. The number of amides is 1. The summed E-state index contributed by atoms with van der Waals surface area (Å²) in [6.45, 7) is -1.42. The lowest BCUT2D eigenvalue weighted by molar-refractivity contribution is -0.0647. The van der Waals surface area contributed by atoms with Crippen LogP contribution in [0.2, 0.25) is 10.0 Å². The lowest BCUT2D eigenvalue weighted by atomic mass is 10.1. The molecule has 5 nitrogen and oxygen atoms in total. The van der Waals surface area contributed by atoms with Gasteiger partial charge in [0.2, 0.25) is 0 Å². The first-order valence-corrected chi connectivity index (χ1v) is 9.66. The van der Waals surface area contributed by atoms with E-state index in [-0.39, 0.29) is 36.5 Å². The molecule has 0 aromatic heterocycles. The van der Waals surface area contributed by atoms with E-state index in [2.05, 4.69) is 4.74 Å². The van der Waals surface area contributed by atoms with Crippen molar-refractivity contribution in [2.75, 3.05) is 26.3 Å². The maximum atomic E-state index is 12.7. The fourth-order valence-corrected chi connectivity index (χ4v) is 3.46. The second-order valence-corrected chi connectivity index (χ2v) is 7.18. The Labute approximate surface area is 177 Å². The van der Waals surface area contributed by atoms with Gasteiger partial charge in [-0.25, -0.2) is 0 Å². The third kappa shape index (κ3) is 6.02. The topological polar surface area (TPSA) is 48.0 Å². The summed E-state index contributed by atoms with van der Waals surface area (Å²) in [7, 11) is 0. The summed E-state index contributed by atoms with van der Waals surface area (Å²) in [6, 6.07) is 10.9. The maximum absolute atomic E-state index is 12.7. The van der Waals surface area contributed by atoms with Crippen LogP contribution >= 0.6 is 23.2 Å². The number of morpholine rings is 1. The van der Waals surface area contributed by atoms with Crippen LogP contribution in [0.3, 0.4) is 0 Å². The number of halogens is 4. The monoisotopic (exact) mass is 445 g/mol. The van der Waals surface area contributed by atoms with Crippen LogP contribution in [0.1, 0.15) is 15.9 Å². The second kappa shape index (κ2) is 10.2. The average molecular weight is 446 g/mol. The summed E-state index contributed by atoms with van der Waals surface area (Å²) < 4.78 is 40.5. The summed E-state index contributed by atoms with van der Waals surface area (Å²) in [5, 5.41) is 1.04. The molecule has 1 unspecified atom stereocenters. The molecule has 0 bridgehead atoms. The quantitative estimate of drug-likeness (QED) is 0.621. The minimum Gasteiger partial charge on any atom is -0.435 e. The van der Waals surface area contributed by atoms with Crippen molar-refractivity contribution in [1.29, 1.82) is 0 Å². The Morgan fingerprint density at radius 1 is 1.21 bits per heavy atom. The van der Waals surface area contributed by atoms with Crippen LogP contribution in [-0.4, -0.2) is 49.8 Å². The Morgan fingerprint density at radius 2 is 1.93 bits per heavy atom. The number of carbonyl (C=O) groups is 1. The highest BCUT2D eigenvalue weighted by atomic mass is 35.5. The van der Waals surface area contributed by atoms with Gasteiger partial charge in [-0.3, -0.25) is 4.79 Å². The zero-order valence-corrected chi connectivity index (χ0v) is 16.8. The van der Waals surface area contributed by atoms with Gasteiger partial charge in [0.25, 0.3) is 5.91 Å². The highest BCUT2D eigenvalue weighted by Gasteiger charge is 2.25. The van der Waals surface area contributed by atoms with Gasteiger partial charge in [0.15, 0.2) is 0 Å². The van der Waals surface area contributed by atoms with Crippen molar-refractivity contribution in [3.63, 3.8) is 0 Å². The van der Waals surface area contributed by atoms with Crippen LogP contribution < -0.4 is 4.74 Å². The van der Waals surface area contributed by atoms with Gasteiger partial charge in [-0.15, -0.1) is 0 Å². The van der Waals surface area contributed by atoms with E-state index in [0.717, 1.165) is 0 Å². The molecule has 0 saturated carbocycles. The van der Waals surface area contributed by atoms with Crippen LogP contribution in [0, 0.1) is 0 Å². The third-order valence-corrected chi connectivity index (χ3v) is 5.05. The number of nitrogens with zero attached hydrogens (tertiary/aromatic N) is 1. The van der Waals surface area contributed by atoms with Gasteiger partial charge in [-0.2, -0.15) is 8.78 Å². The molecule has 9 heteroatoms. The van der Waals surface area contributed by atoms with Crippen LogP contribution in [0.5, 0.6) is 5.75 Å². The van der Waals surface area contributed by atoms with Crippen LogP contribution in [0.25, 0.3) is 0 Å². The molecule has 1 heterocycles. The van der Waals surface area contributed by atoms with E-state index < -0.39 is 6.61 Å². The number of hydrogen-bond donors (Lipinski definition) is 0. The van der Waals surface area contributed by atoms with Gasteiger partial charge < -0.3 is 19.1 Å². The Morgan fingerprint density at radius 3 is 2.66 bits per heavy atom. The largest absolute Gasteiger partial charge is 0.435 e. The molecule has 156 valence electrons. The predicted molar refractivity (Wildman–Crippen MR) is 105 cm³/mol. The molecular formula is C20H19Cl2F2NO4. The van der Waals surface area contributed by atoms with E-state index in [0.29, 0.717) is 35.3 Å². The smallest absolute Gasteiger partial charge is 0.387 e. The molecule has 1 saturated heterocycles. The van der Waals surface area contributed by atoms with E-state index >= 15 is 0 Å². The first-order chi connectivity index (χ1) is 13.9. The highest BCUT2D eigenvalue weighted by Crippen LogP contribution is 2.25. The Balaban J connectivity index is 1.55. The molecule has 1 aliphatic heterocycles. The number of rotatable bonds is 7. The van der Waals surface area contributed by atoms with Crippen molar-refractivity contribution >= 4 is 29.1 Å². The van der Waals surface area contributed by atoms with Crippen molar-refractivity contribution < 1.29 is 27.8 Å². The molecule has 2 aromatic rings. The summed E-state index contributed by atoms with van der Waals surface area (Å²) in [5.74, 6) is -0.345. The van der Waals surface area contributed by atoms with Crippen molar-refractivity contribution in [1.82, 2.24) is 4.90 Å². The highest BCUT2D eigenvalue weighted by molar-refractivity contribution is 6.35. The second-order valence-electron chi connectivity index (χ2n) is 6.37. The zero-order valence-electron chi connectivity index (χ0n) is 15.3. The van der Waals surface area contributed by atoms with Crippen molar-refractivity contribution in [3.8, 4) is 5.75 Å². The first kappa shape index (κ1) is 21.8. The predicted octanol–water partition coefficient (Wildman–Crippen LogP) is 4.65. The van der Waals surface area contributed by atoms with Gasteiger partial charge in [0.1, 0.15) is 5.75 Å². The molecule has 29 heavy (non-hydrogen) atoms. The van der Waals surface area contributed by atoms with E-state index in [1.165, 1.54) is 18.2 Å². The maximum Gasteiger partial charge on any atom is 0.387 e. The standard InChI is InChI=1S/C20H19Cl2F2NO4/c21-17-5-2-6-18(22)16(17)12-27-11-15-10-25(7-8-28-15)19(26)13-3-1-4-14(9-13)29-20(23)24/h1-6,9,15,20H,7-8,10-12H2. The molecule has 1 fully saturated rings. The number of carbonyl (C=O) groups excluding carboxylic acids is 1. The fourth-order valence-electron chi connectivity index (χ4n) is 2.96. The number of hydrogen-bond acceptors (Lipinski definition) is 4.